The number of nitrogens with zero attached hydrogens (tertiary/aromatic N) is 1. The quantitative estimate of drug-likeness (QED) is 0.564. The van der Waals surface area contributed by atoms with E-state index in [9.17, 15) is 0 Å². The Hall–Kier alpha value is -1.23. The third-order valence-electron chi connectivity index (χ3n) is 4.96. The number of thioether (sulfide) groups is 1. The molecule has 130 valence electrons. The standard InChI is InChI=1S/C21H23BrN2S/c1-15-21(19-13-17(22)7-8-20(19)23-15)25-18-9-11-24(12-10-18)14-16-5-3-2-4-6-16/h2-8,13,18,23H,9-12,14H2,1H3. The highest BCUT2D eigenvalue weighted by Gasteiger charge is 2.22. The Morgan fingerprint density at radius 3 is 2.64 bits per heavy atom. The van der Waals surface area contributed by atoms with E-state index in [1.54, 1.807) is 0 Å². The van der Waals surface area contributed by atoms with Crippen LogP contribution in [-0.2, 0) is 6.54 Å². The first kappa shape index (κ1) is 17.2. The van der Waals surface area contributed by atoms with Gasteiger partial charge < -0.3 is 4.98 Å². The molecule has 0 amide bonds. The van der Waals surface area contributed by atoms with E-state index in [1.165, 1.54) is 53.0 Å². The summed E-state index contributed by atoms with van der Waals surface area (Å²) in [4.78, 5) is 7.55. The summed E-state index contributed by atoms with van der Waals surface area (Å²) in [7, 11) is 0. The Bertz CT molecular complexity index is 851. The van der Waals surface area contributed by atoms with E-state index in [0.717, 1.165) is 11.0 Å². The van der Waals surface area contributed by atoms with Crippen molar-refractivity contribution < 1.29 is 0 Å². The van der Waals surface area contributed by atoms with Gasteiger partial charge in [0.05, 0.1) is 0 Å². The van der Waals surface area contributed by atoms with Crippen LogP contribution in [0.4, 0.5) is 0 Å². The molecule has 2 heterocycles. The molecule has 2 nitrogen and oxygen atoms in total. The first-order valence-electron chi connectivity index (χ1n) is 8.90. The molecule has 0 aliphatic carbocycles. The van der Waals surface area contributed by atoms with Gasteiger partial charge in [-0.3, -0.25) is 4.90 Å². The summed E-state index contributed by atoms with van der Waals surface area (Å²) in [6, 6.07) is 17.3. The fraction of sp³-hybridized carbons (Fsp3) is 0.333. The van der Waals surface area contributed by atoms with Crippen molar-refractivity contribution in [2.75, 3.05) is 13.1 Å². The maximum atomic E-state index is 3.61. The highest BCUT2D eigenvalue weighted by atomic mass is 79.9. The molecule has 0 spiro atoms. The predicted octanol–water partition coefficient (Wildman–Crippen LogP) is 6.00. The summed E-state index contributed by atoms with van der Waals surface area (Å²) < 4.78 is 1.15. The largest absolute Gasteiger partial charge is 0.358 e. The second-order valence-electron chi connectivity index (χ2n) is 6.85. The molecule has 0 atom stereocenters. The number of halogens is 1. The van der Waals surface area contributed by atoms with Gasteiger partial charge in [-0.1, -0.05) is 46.3 Å². The molecule has 3 aromatic rings. The van der Waals surface area contributed by atoms with Gasteiger partial charge in [0.1, 0.15) is 0 Å². The third-order valence-corrected chi connectivity index (χ3v) is 7.02. The van der Waals surface area contributed by atoms with Crippen molar-refractivity contribution in [2.24, 2.45) is 0 Å². The molecule has 0 unspecified atom stereocenters. The van der Waals surface area contributed by atoms with Crippen molar-refractivity contribution in [3.63, 3.8) is 0 Å². The van der Waals surface area contributed by atoms with Crippen molar-refractivity contribution in [3.8, 4) is 0 Å². The number of aromatic amines is 1. The minimum Gasteiger partial charge on any atom is -0.358 e. The molecule has 4 rings (SSSR count). The molecule has 0 radical (unpaired) electrons. The molecule has 1 N–H and O–H groups in total. The smallest absolute Gasteiger partial charge is 0.0468 e. The Balaban J connectivity index is 1.40. The second-order valence-corrected chi connectivity index (χ2v) is 9.07. The summed E-state index contributed by atoms with van der Waals surface area (Å²) in [5.41, 5.74) is 3.96. The number of rotatable bonds is 4. The predicted molar refractivity (Wildman–Crippen MR) is 111 cm³/mol. The van der Waals surface area contributed by atoms with E-state index < -0.39 is 0 Å². The Labute approximate surface area is 162 Å². The van der Waals surface area contributed by atoms with E-state index in [2.05, 4.69) is 93.0 Å². The monoisotopic (exact) mass is 414 g/mol. The SMILES string of the molecule is Cc1[nH]c2ccc(Br)cc2c1SC1CCN(Cc2ccccc2)CC1. The highest BCUT2D eigenvalue weighted by Crippen LogP contribution is 2.38. The van der Waals surface area contributed by atoms with Gasteiger partial charge in [0, 0.05) is 37.8 Å². The number of piperidine rings is 1. The average Bonchev–Trinajstić information content (AvgIpc) is 2.93. The van der Waals surface area contributed by atoms with Crippen LogP contribution < -0.4 is 0 Å². The van der Waals surface area contributed by atoms with Crippen molar-refractivity contribution in [2.45, 2.75) is 36.5 Å². The number of H-pyrrole nitrogens is 1. The topological polar surface area (TPSA) is 19.0 Å². The van der Waals surface area contributed by atoms with Gasteiger partial charge in [-0.25, -0.2) is 0 Å². The van der Waals surface area contributed by atoms with Crippen LogP contribution in [0.2, 0.25) is 0 Å². The minimum atomic E-state index is 0.712. The summed E-state index contributed by atoms with van der Waals surface area (Å²) in [6.45, 7) is 5.66. The van der Waals surface area contributed by atoms with Crippen LogP contribution in [0.15, 0.2) is 57.9 Å². The average molecular weight is 415 g/mol. The fourth-order valence-corrected chi connectivity index (χ4v) is 5.28. The normalized spacial score (nSPS) is 16.6. The van der Waals surface area contributed by atoms with E-state index >= 15 is 0 Å². The summed E-state index contributed by atoms with van der Waals surface area (Å²) in [5, 5.41) is 2.06. The number of aryl methyl sites for hydroxylation is 1. The highest BCUT2D eigenvalue weighted by molar-refractivity contribution is 9.10. The fourth-order valence-electron chi connectivity index (χ4n) is 3.62. The van der Waals surface area contributed by atoms with Gasteiger partial charge >= 0.3 is 0 Å². The summed E-state index contributed by atoms with van der Waals surface area (Å²) in [6.07, 6.45) is 2.52. The van der Waals surface area contributed by atoms with Crippen molar-refractivity contribution in [3.05, 3.63) is 64.3 Å². The molecule has 25 heavy (non-hydrogen) atoms. The molecule has 1 aliphatic rings. The lowest BCUT2D eigenvalue weighted by atomic mass is 10.1. The lowest BCUT2D eigenvalue weighted by Gasteiger charge is -2.31. The summed E-state index contributed by atoms with van der Waals surface area (Å²) >= 11 is 5.68. The zero-order chi connectivity index (χ0) is 17.2. The van der Waals surface area contributed by atoms with Gasteiger partial charge in [0.2, 0.25) is 0 Å². The first-order valence-corrected chi connectivity index (χ1v) is 10.6. The zero-order valence-electron chi connectivity index (χ0n) is 14.5. The van der Waals surface area contributed by atoms with E-state index in [-0.39, 0.29) is 0 Å². The maximum Gasteiger partial charge on any atom is 0.0468 e. The lowest BCUT2D eigenvalue weighted by Crippen LogP contribution is -2.34. The van der Waals surface area contributed by atoms with Crippen LogP contribution >= 0.6 is 27.7 Å². The molecule has 0 bridgehead atoms. The number of aromatic nitrogens is 1. The number of likely N-dealkylation sites (tertiary alicyclic amines) is 1. The molecular weight excluding hydrogens is 392 g/mol. The Morgan fingerprint density at radius 2 is 1.88 bits per heavy atom. The molecule has 0 saturated carbocycles. The van der Waals surface area contributed by atoms with Crippen molar-refractivity contribution >= 4 is 38.6 Å². The number of nitrogens with one attached hydrogen (secondary N) is 1. The number of hydrogen-bond acceptors (Lipinski definition) is 2. The van der Waals surface area contributed by atoms with Crippen LogP contribution in [0.1, 0.15) is 24.1 Å². The van der Waals surface area contributed by atoms with E-state index in [4.69, 9.17) is 0 Å². The number of hydrogen-bond donors (Lipinski definition) is 1. The van der Waals surface area contributed by atoms with E-state index in [1.807, 2.05) is 0 Å². The van der Waals surface area contributed by atoms with E-state index in [0.29, 0.717) is 5.25 Å². The molecule has 1 aromatic heterocycles. The molecule has 4 heteroatoms. The molecule has 1 fully saturated rings. The number of benzene rings is 2. The second kappa shape index (κ2) is 7.56. The maximum absolute atomic E-state index is 3.61. The Morgan fingerprint density at radius 1 is 1.12 bits per heavy atom. The first-order chi connectivity index (χ1) is 12.2. The van der Waals surface area contributed by atoms with Gasteiger partial charge in [0.15, 0.2) is 0 Å². The van der Waals surface area contributed by atoms with Crippen molar-refractivity contribution in [1.29, 1.82) is 0 Å². The van der Waals surface area contributed by atoms with Crippen LogP contribution in [0, 0.1) is 6.92 Å². The van der Waals surface area contributed by atoms with Crippen LogP contribution in [0.25, 0.3) is 10.9 Å². The molecular formula is C21H23BrN2S. The zero-order valence-corrected chi connectivity index (χ0v) is 16.9. The third kappa shape index (κ3) is 3.97. The van der Waals surface area contributed by atoms with Crippen LogP contribution in [-0.4, -0.2) is 28.2 Å². The van der Waals surface area contributed by atoms with Gasteiger partial charge in [-0.2, -0.15) is 0 Å². The molecule has 1 aliphatic heterocycles. The van der Waals surface area contributed by atoms with Crippen LogP contribution in [0.3, 0.4) is 0 Å². The van der Waals surface area contributed by atoms with Crippen LogP contribution in [0.5, 0.6) is 0 Å². The number of fused-ring (bicyclic) bond motifs is 1. The Kier molecular flexibility index (Phi) is 5.20. The van der Waals surface area contributed by atoms with Gasteiger partial charge in [0.25, 0.3) is 0 Å². The molecule has 2 aromatic carbocycles. The van der Waals surface area contributed by atoms with Crippen molar-refractivity contribution in [1.82, 2.24) is 9.88 Å². The van der Waals surface area contributed by atoms with Gasteiger partial charge in [-0.05, 0) is 56.6 Å². The van der Waals surface area contributed by atoms with Gasteiger partial charge in [-0.15, -0.1) is 11.8 Å². The minimum absolute atomic E-state index is 0.712. The summed E-state index contributed by atoms with van der Waals surface area (Å²) in [5.74, 6) is 0. The lowest BCUT2D eigenvalue weighted by molar-refractivity contribution is 0.225. The molecule has 1 saturated heterocycles.